The maximum absolute atomic E-state index is 13.4. The number of urea groups is 1. The molecule has 0 radical (unpaired) electrons. The van der Waals surface area contributed by atoms with E-state index in [1.54, 1.807) is 0 Å². The van der Waals surface area contributed by atoms with Gasteiger partial charge in [0.15, 0.2) is 0 Å². The van der Waals surface area contributed by atoms with Crippen LogP contribution < -0.4 is 5.32 Å². The average molecular weight is 287 g/mol. The van der Waals surface area contributed by atoms with Crippen molar-refractivity contribution in [1.82, 2.24) is 4.90 Å². The number of rotatable bonds is 3. The summed E-state index contributed by atoms with van der Waals surface area (Å²) in [6.45, 7) is 0.703. The first-order chi connectivity index (χ1) is 8.97. The van der Waals surface area contributed by atoms with E-state index in [9.17, 15) is 14.0 Å². The van der Waals surface area contributed by atoms with E-state index >= 15 is 0 Å². The number of hydrogen-bond donors (Lipinski definition) is 2. The molecular weight excluding hydrogens is 275 g/mol. The van der Waals surface area contributed by atoms with E-state index in [0.717, 1.165) is 0 Å². The molecule has 19 heavy (non-hydrogen) atoms. The number of nitrogens with one attached hydrogen (secondary N) is 1. The molecular formula is C12H12ClFN2O3. The number of hydrogen-bond acceptors (Lipinski definition) is 2. The predicted molar refractivity (Wildman–Crippen MR) is 67.7 cm³/mol. The fourth-order valence-electron chi connectivity index (χ4n) is 1.91. The van der Waals surface area contributed by atoms with Crippen molar-refractivity contribution in [1.29, 1.82) is 0 Å². The normalized spacial score (nSPS) is 14.9. The second kappa shape index (κ2) is 5.44. The van der Waals surface area contributed by atoms with Crippen molar-refractivity contribution in [2.24, 2.45) is 5.92 Å². The van der Waals surface area contributed by atoms with Gasteiger partial charge >= 0.3 is 12.0 Å². The van der Waals surface area contributed by atoms with Crippen molar-refractivity contribution in [2.75, 3.05) is 18.4 Å². The SMILES string of the molecule is O=C(O)CC1CN(C(=O)Nc2c(F)cccc2Cl)C1. The van der Waals surface area contributed by atoms with E-state index in [1.165, 1.54) is 23.1 Å². The molecule has 102 valence electrons. The molecule has 1 aromatic carbocycles. The topological polar surface area (TPSA) is 69.6 Å². The van der Waals surface area contributed by atoms with Gasteiger partial charge in [-0.05, 0) is 12.1 Å². The van der Waals surface area contributed by atoms with Crippen LogP contribution in [0.15, 0.2) is 18.2 Å². The number of halogens is 2. The number of likely N-dealkylation sites (tertiary alicyclic amines) is 1. The van der Waals surface area contributed by atoms with Crippen molar-refractivity contribution in [3.05, 3.63) is 29.0 Å². The van der Waals surface area contributed by atoms with Gasteiger partial charge in [0, 0.05) is 19.0 Å². The Bertz CT molecular complexity index is 497. The van der Waals surface area contributed by atoms with E-state index < -0.39 is 17.8 Å². The molecule has 5 nitrogen and oxygen atoms in total. The number of carbonyl (C=O) groups is 2. The van der Waals surface area contributed by atoms with Gasteiger partial charge in [-0.2, -0.15) is 0 Å². The van der Waals surface area contributed by atoms with Crippen LogP contribution in [0.2, 0.25) is 5.02 Å². The molecule has 1 saturated heterocycles. The summed E-state index contributed by atoms with van der Waals surface area (Å²) in [4.78, 5) is 23.7. The van der Waals surface area contributed by atoms with Crippen LogP contribution in [-0.2, 0) is 4.79 Å². The van der Waals surface area contributed by atoms with Gasteiger partial charge < -0.3 is 15.3 Å². The lowest BCUT2D eigenvalue weighted by molar-refractivity contribution is -0.139. The lowest BCUT2D eigenvalue weighted by Crippen LogP contribution is -2.52. The van der Waals surface area contributed by atoms with Crippen LogP contribution in [0.3, 0.4) is 0 Å². The number of carbonyl (C=O) groups excluding carboxylic acids is 1. The third-order valence-electron chi connectivity index (χ3n) is 2.90. The van der Waals surface area contributed by atoms with Crippen LogP contribution in [0.25, 0.3) is 0 Å². The van der Waals surface area contributed by atoms with Crippen molar-refractivity contribution in [3.8, 4) is 0 Å². The highest BCUT2D eigenvalue weighted by molar-refractivity contribution is 6.33. The Morgan fingerprint density at radius 3 is 2.74 bits per heavy atom. The largest absolute Gasteiger partial charge is 0.481 e. The highest BCUT2D eigenvalue weighted by Gasteiger charge is 2.32. The summed E-state index contributed by atoms with van der Waals surface area (Å²) in [6.07, 6.45) is 0.0320. The predicted octanol–water partition coefficient (Wildman–Crippen LogP) is 2.42. The average Bonchev–Trinajstić information content (AvgIpc) is 2.27. The Balaban J connectivity index is 1.91. The third-order valence-corrected chi connectivity index (χ3v) is 3.22. The van der Waals surface area contributed by atoms with Crippen LogP contribution in [0.4, 0.5) is 14.9 Å². The number of anilines is 1. The Morgan fingerprint density at radius 2 is 2.16 bits per heavy atom. The molecule has 0 unspecified atom stereocenters. The molecule has 0 saturated carbocycles. The van der Waals surface area contributed by atoms with Gasteiger partial charge in [-0.3, -0.25) is 4.79 Å². The number of aliphatic carboxylic acids is 1. The maximum atomic E-state index is 13.4. The molecule has 0 atom stereocenters. The Labute approximate surface area is 114 Å². The molecule has 1 aliphatic heterocycles. The summed E-state index contributed by atoms with van der Waals surface area (Å²) in [5.74, 6) is -1.54. The van der Waals surface area contributed by atoms with Crippen molar-refractivity contribution >= 4 is 29.3 Å². The second-order valence-electron chi connectivity index (χ2n) is 4.40. The smallest absolute Gasteiger partial charge is 0.321 e. The summed E-state index contributed by atoms with van der Waals surface area (Å²) in [5.41, 5.74) is -0.0594. The van der Waals surface area contributed by atoms with Crippen LogP contribution in [-0.4, -0.2) is 35.1 Å². The fraction of sp³-hybridized carbons (Fsp3) is 0.333. The van der Waals surface area contributed by atoms with Gasteiger partial charge in [0.25, 0.3) is 0 Å². The van der Waals surface area contributed by atoms with Gasteiger partial charge in [-0.1, -0.05) is 17.7 Å². The van der Waals surface area contributed by atoms with E-state index in [2.05, 4.69) is 5.32 Å². The molecule has 0 bridgehead atoms. The molecule has 1 aliphatic rings. The quantitative estimate of drug-likeness (QED) is 0.896. The number of benzene rings is 1. The lowest BCUT2D eigenvalue weighted by atomic mass is 9.97. The van der Waals surface area contributed by atoms with E-state index in [0.29, 0.717) is 13.1 Å². The lowest BCUT2D eigenvalue weighted by Gasteiger charge is -2.38. The summed E-state index contributed by atoms with van der Waals surface area (Å²) >= 11 is 5.79. The zero-order chi connectivity index (χ0) is 14.0. The van der Waals surface area contributed by atoms with E-state index in [-0.39, 0.29) is 23.0 Å². The maximum Gasteiger partial charge on any atom is 0.321 e. The molecule has 7 heteroatoms. The van der Waals surface area contributed by atoms with Gasteiger partial charge in [0.1, 0.15) is 5.82 Å². The summed E-state index contributed by atoms with van der Waals surface area (Å²) in [6, 6.07) is 3.64. The second-order valence-corrected chi connectivity index (χ2v) is 4.80. The zero-order valence-electron chi connectivity index (χ0n) is 9.90. The summed E-state index contributed by atoms with van der Waals surface area (Å²) < 4.78 is 13.4. The molecule has 0 aliphatic carbocycles. The molecule has 1 fully saturated rings. The zero-order valence-corrected chi connectivity index (χ0v) is 10.7. The molecule has 2 rings (SSSR count). The van der Waals surface area contributed by atoms with E-state index in [4.69, 9.17) is 16.7 Å². The van der Waals surface area contributed by atoms with Crippen LogP contribution in [0, 0.1) is 11.7 Å². The first kappa shape index (κ1) is 13.6. The monoisotopic (exact) mass is 286 g/mol. The number of amides is 2. The van der Waals surface area contributed by atoms with Crippen molar-refractivity contribution in [2.45, 2.75) is 6.42 Å². The number of para-hydroxylation sites is 1. The fourth-order valence-corrected chi connectivity index (χ4v) is 2.13. The molecule has 1 aromatic rings. The van der Waals surface area contributed by atoms with Gasteiger partial charge in [0.2, 0.25) is 0 Å². The van der Waals surface area contributed by atoms with Crippen molar-refractivity contribution < 1.29 is 19.1 Å². The van der Waals surface area contributed by atoms with Gasteiger partial charge in [-0.15, -0.1) is 0 Å². The highest BCUT2D eigenvalue weighted by Crippen LogP contribution is 2.26. The first-order valence-electron chi connectivity index (χ1n) is 5.69. The molecule has 2 N–H and O–H groups in total. The van der Waals surface area contributed by atoms with Crippen LogP contribution in [0.1, 0.15) is 6.42 Å². The Kier molecular flexibility index (Phi) is 3.90. The Hall–Kier alpha value is -1.82. The molecule has 0 aromatic heterocycles. The Morgan fingerprint density at radius 1 is 1.47 bits per heavy atom. The number of carboxylic acid groups (broad SMARTS) is 1. The van der Waals surface area contributed by atoms with Crippen LogP contribution >= 0.6 is 11.6 Å². The third kappa shape index (κ3) is 3.14. The highest BCUT2D eigenvalue weighted by atomic mass is 35.5. The summed E-state index contributed by atoms with van der Waals surface area (Å²) in [5, 5.41) is 11.1. The van der Waals surface area contributed by atoms with Crippen molar-refractivity contribution in [3.63, 3.8) is 0 Å². The van der Waals surface area contributed by atoms with Gasteiger partial charge in [-0.25, -0.2) is 9.18 Å². The molecule has 2 amide bonds. The number of nitrogens with zero attached hydrogens (tertiary/aromatic N) is 1. The minimum atomic E-state index is -0.887. The minimum absolute atomic E-state index is 0.0320. The van der Waals surface area contributed by atoms with Gasteiger partial charge in [0.05, 0.1) is 17.1 Å². The summed E-state index contributed by atoms with van der Waals surface area (Å²) in [7, 11) is 0. The number of carboxylic acids is 1. The molecule has 0 spiro atoms. The standard InChI is InChI=1S/C12H12ClFN2O3/c13-8-2-1-3-9(14)11(8)15-12(19)16-5-7(6-16)4-10(17)18/h1-3,7H,4-6H2,(H,15,19)(H,17,18). The van der Waals surface area contributed by atoms with Crippen LogP contribution in [0.5, 0.6) is 0 Å². The minimum Gasteiger partial charge on any atom is -0.481 e. The van der Waals surface area contributed by atoms with E-state index in [1.807, 2.05) is 0 Å². The molecule has 1 heterocycles. The first-order valence-corrected chi connectivity index (χ1v) is 6.07.